The van der Waals surface area contributed by atoms with Crippen LogP contribution in [0.3, 0.4) is 0 Å². The highest BCUT2D eigenvalue weighted by Crippen LogP contribution is 2.67. The third-order valence-corrected chi connectivity index (χ3v) is 20.9. The van der Waals surface area contributed by atoms with Crippen molar-refractivity contribution in [3.63, 3.8) is 0 Å². The average Bonchev–Trinajstić information content (AvgIpc) is 1.33. The summed E-state index contributed by atoms with van der Waals surface area (Å²) in [6.07, 6.45) is -33.0. The highest BCUT2D eigenvalue weighted by Gasteiger charge is 2.63. The van der Waals surface area contributed by atoms with Crippen LogP contribution in [0.2, 0.25) is 0 Å². The molecule has 3 saturated carbocycles. The van der Waals surface area contributed by atoms with Crippen molar-refractivity contribution in [1.29, 1.82) is 0 Å². The fourth-order valence-corrected chi connectivity index (χ4v) is 16.3. The number of aliphatic hydroxyl groups excluding tert-OH is 11. The van der Waals surface area contributed by atoms with Crippen LogP contribution in [0.5, 0.6) is 0 Å². The third kappa shape index (κ3) is 13.1. The van der Waals surface area contributed by atoms with Crippen LogP contribution >= 0.6 is 0 Å². The molecular formula is C57H92O26S. The predicted molar refractivity (Wildman–Crippen MR) is 287 cm³/mol. The zero-order chi connectivity index (χ0) is 61.6. The third-order valence-electron chi connectivity index (χ3n) is 20.4. The van der Waals surface area contributed by atoms with Gasteiger partial charge in [0.25, 0.3) is 0 Å². The number of hydrogen-bond donors (Lipinski definition) is 12. The van der Waals surface area contributed by atoms with E-state index in [-0.39, 0.29) is 35.5 Å². The fraction of sp³-hybridized carbons (Fsp3) is 0.912. The van der Waals surface area contributed by atoms with E-state index in [4.69, 9.17) is 51.6 Å². The van der Waals surface area contributed by atoms with E-state index in [1.807, 2.05) is 19.9 Å². The Bertz CT molecular complexity index is 2450. The number of Topliss-reactive ketones (excluding diaryl/α,β-unsaturated/α-hetero) is 1. The predicted octanol–water partition coefficient (Wildman–Crippen LogP) is -0.455. The van der Waals surface area contributed by atoms with Crippen molar-refractivity contribution in [2.24, 2.45) is 40.4 Å². The molecule has 0 spiro atoms. The summed E-state index contributed by atoms with van der Waals surface area (Å²) in [6, 6.07) is 0. The maximum Gasteiger partial charge on any atom is 0.397 e. The summed E-state index contributed by atoms with van der Waals surface area (Å²) in [5, 5.41) is 122. The van der Waals surface area contributed by atoms with E-state index in [0.717, 1.165) is 24.8 Å². The summed E-state index contributed by atoms with van der Waals surface area (Å²) in [7, 11) is -4.86. The van der Waals surface area contributed by atoms with E-state index in [1.54, 1.807) is 0 Å². The first-order valence-corrected chi connectivity index (χ1v) is 31.2. The van der Waals surface area contributed by atoms with Crippen LogP contribution in [-0.2, 0) is 66.7 Å². The standard InChI is InChI=1S/C57H92O26S/c1-21(2)17-28(58)18-22(3)31-11-12-32-30-20-35(34-19-29(83-84(70,71)72)13-15-57(34,10)33(30)14-16-56(31,32)9)78-53-46(69)48(39(62)26(7)75-53)80-55-50(82-52-44(67)41(64)37(60)24(5)74-52)45(68)47(27(8)77-55)79-54-49(42(65)38(61)25(6)76-54)81-51-43(66)40(63)36(59)23(4)73-51/h14,17,22-32,34-38,40-55,58-61,63-69H,11-13,15-16,18-20H2,1-10H3,(H,70,71,72)/t22-,23-,24-,25-,26-,27-,28?,29+,30+,31-,32+,34-,35+,36+,37-,38+,40+,41+,42+,43-,44-,45+,46-,47-,48+,49-,50-,51+,52+,53+,54+,55+,56-,57-/m1/s1. The molecular weight excluding hydrogens is 1130 g/mol. The van der Waals surface area contributed by atoms with E-state index < -0.39 is 193 Å². The topological polar surface area (TPSA) is 396 Å². The molecule has 0 aromatic heterocycles. The van der Waals surface area contributed by atoms with Gasteiger partial charge < -0.3 is 104 Å². The molecule has 0 amide bonds. The van der Waals surface area contributed by atoms with Crippen molar-refractivity contribution in [1.82, 2.24) is 0 Å². The van der Waals surface area contributed by atoms with Crippen molar-refractivity contribution in [2.45, 2.75) is 286 Å². The first-order chi connectivity index (χ1) is 39.2. The first-order valence-electron chi connectivity index (χ1n) is 29.8. The molecule has 5 heterocycles. The van der Waals surface area contributed by atoms with E-state index in [2.05, 4.69) is 26.8 Å². The minimum Gasteiger partial charge on any atom is -0.389 e. The van der Waals surface area contributed by atoms with Gasteiger partial charge in [-0.05, 0) is 140 Å². The molecule has 482 valence electrons. The molecule has 26 nitrogen and oxygen atoms in total. The Labute approximate surface area is 490 Å². The Balaban J connectivity index is 0.988. The molecule has 0 radical (unpaired) electrons. The minimum atomic E-state index is -4.86. The van der Waals surface area contributed by atoms with Gasteiger partial charge in [0.2, 0.25) is 0 Å². The average molecular weight is 1230 g/mol. The molecule has 0 aromatic rings. The normalized spacial score (nSPS) is 51.6. The van der Waals surface area contributed by atoms with Gasteiger partial charge >= 0.3 is 10.4 Å². The Morgan fingerprint density at radius 2 is 1.15 bits per heavy atom. The van der Waals surface area contributed by atoms with Gasteiger partial charge in [-0.1, -0.05) is 44.1 Å². The van der Waals surface area contributed by atoms with E-state index >= 15 is 0 Å². The minimum absolute atomic E-state index is 0.0256. The number of aliphatic hydroxyl groups is 11. The molecule has 5 saturated heterocycles. The van der Waals surface area contributed by atoms with Crippen LogP contribution in [0, 0.1) is 40.4 Å². The maximum atomic E-state index is 14.4. The van der Waals surface area contributed by atoms with E-state index in [0.29, 0.717) is 25.7 Å². The Kier molecular flexibility index (Phi) is 20.5. The molecule has 0 bridgehead atoms. The van der Waals surface area contributed by atoms with Gasteiger partial charge in [-0.2, -0.15) is 8.42 Å². The van der Waals surface area contributed by atoms with Gasteiger partial charge in [0, 0.05) is 0 Å². The lowest BCUT2D eigenvalue weighted by Crippen LogP contribution is -2.67. The maximum absolute atomic E-state index is 14.4. The van der Waals surface area contributed by atoms with Crippen molar-refractivity contribution in [3.05, 3.63) is 23.3 Å². The van der Waals surface area contributed by atoms with Crippen molar-refractivity contribution in [3.8, 4) is 0 Å². The van der Waals surface area contributed by atoms with Crippen LogP contribution in [0.15, 0.2) is 23.3 Å². The lowest BCUT2D eigenvalue weighted by molar-refractivity contribution is -0.399. The summed E-state index contributed by atoms with van der Waals surface area (Å²) in [4.78, 5) is 14.4. The zero-order valence-electron chi connectivity index (χ0n) is 49.3. The Morgan fingerprint density at radius 1 is 0.631 bits per heavy atom. The molecule has 5 aliphatic heterocycles. The zero-order valence-corrected chi connectivity index (χ0v) is 50.1. The fourth-order valence-electron chi connectivity index (χ4n) is 15.8. The number of carbonyl (C=O) groups is 1. The number of hydrogen-bond acceptors (Lipinski definition) is 25. The van der Waals surface area contributed by atoms with Crippen LogP contribution in [0.25, 0.3) is 0 Å². The van der Waals surface area contributed by atoms with Crippen molar-refractivity contribution < 1.29 is 125 Å². The van der Waals surface area contributed by atoms with Crippen molar-refractivity contribution >= 4 is 16.2 Å². The smallest absolute Gasteiger partial charge is 0.389 e. The molecule has 12 N–H and O–H groups in total. The SMILES string of the molecule is CC(C)=CC(O)C[C@@H](C)[C@H]1CC[C@H]2[C@@H]3C[C@H](O[C@@H]4O[C@H](C)C(=O)[C@H](O[C@@H]5O[C@H](C)[C@@H](O[C@@H]6O[C@H](C)[C@H](O)[C@H](O)[C@H]6O[C@@H]6O[C@H](C)[C@H](O)[C@H](O)[C@H]6O)[C@H](O)[C@H]5O[C@@H]5O[C@H](C)[C@@H](O)[C@H](O)[C@H]5O)[C@H]4O)[C@H]4C[C@@H](OS(=O)(=O)O)CC[C@]4(C)C3=CC[C@]12C. The van der Waals surface area contributed by atoms with Crippen LogP contribution in [0.4, 0.5) is 0 Å². The van der Waals surface area contributed by atoms with E-state index in [1.165, 1.54) is 40.2 Å². The lowest BCUT2D eigenvalue weighted by atomic mass is 9.47. The molecule has 0 aromatic carbocycles. The second-order valence-electron chi connectivity index (χ2n) is 26.3. The highest BCUT2D eigenvalue weighted by atomic mass is 32.3. The largest absolute Gasteiger partial charge is 0.397 e. The molecule has 8 fully saturated rings. The first kappa shape index (κ1) is 66.6. The van der Waals surface area contributed by atoms with Gasteiger partial charge in [0.15, 0.2) is 43.3 Å². The number of ketones is 1. The highest BCUT2D eigenvalue weighted by molar-refractivity contribution is 7.80. The Hall–Kier alpha value is -1.82. The molecule has 34 atom stereocenters. The molecule has 9 rings (SSSR count). The van der Waals surface area contributed by atoms with Crippen LogP contribution < -0.4 is 0 Å². The number of rotatable bonds is 16. The van der Waals surface area contributed by atoms with Crippen molar-refractivity contribution in [2.75, 3.05) is 0 Å². The van der Waals surface area contributed by atoms with Crippen LogP contribution in [0.1, 0.15) is 121 Å². The second kappa shape index (κ2) is 25.8. The van der Waals surface area contributed by atoms with Crippen LogP contribution in [-0.4, -0.2) is 241 Å². The molecule has 9 aliphatic rings. The summed E-state index contributed by atoms with van der Waals surface area (Å²) >= 11 is 0. The number of fused-ring (bicyclic) bond motifs is 5. The molecule has 27 heteroatoms. The molecule has 4 aliphatic carbocycles. The summed E-state index contributed by atoms with van der Waals surface area (Å²) in [6.45, 7) is 17.6. The lowest BCUT2D eigenvalue weighted by Gasteiger charge is -2.59. The molecule has 84 heavy (non-hydrogen) atoms. The Morgan fingerprint density at radius 3 is 1.74 bits per heavy atom. The summed E-state index contributed by atoms with van der Waals surface area (Å²) < 4.78 is 101. The van der Waals surface area contributed by atoms with Gasteiger partial charge in [0.05, 0.1) is 42.7 Å². The van der Waals surface area contributed by atoms with E-state index in [9.17, 15) is 73.9 Å². The summed E-state index contributed by atoms with van der Waals surface area (Å²) in [5.41, 5.74) is 1.54. The monoisotopic (exact) mass is 1220 g/mol. The van der Waals surface area contributed by atoms with Gasteiger partial charge in [-0.15, -0.1) is 0 Å². The number of allylic oxidation sites excluding steroid dienone is 3. The second-order valence-corrected chi connectivity index (χ2v) is 27.3. The molecule has 1 unspecified atom stereocenters. The quantitative estimate of drug-likeness (QED) is 0.0687. The van der Waals surface area contributed by atoms with Gasteiger partial charge in [-0.25, -0.2) is 4.18 Å². The van der Waals surface area contributed by atoms with Gasteiger partial charge in [-0.3, -0.25) is 9.35 Å². The number of ether oxygens (including phenoxy) is 10. The van der Waals surface area contributed by atoms with Gasteiger partial charge in [0.1, 0.15) is 85.5 Å². The summed E-state index contributed by atoms with van der Waals surface area (Å²) in [5.74, 6) is -0.604. The number of carbonyl (C=O) groups excluding carboxylic acids is 1.